The van der Waals surface area contributed by atoms with Crippen LogP contribution in [0.15, 0.2) is 30.5 Å². The van der Waals surface area contributed by atoms with Gasteiger partial charge in [-0.05, 0) is 66.8 Å². The Hall–Kier alpha value is -3.70. The van der Waals surface area contributed by atoms with Gasteiger partial charge in [-0.25, -0.2) is 13.2 Å². The van der Waals surface area contributed by atoms with Crippen molar-refractivity contribution < 1.29 is 27.8 Å². The molecule has 1 saturated carbocycles. The molecule has 0 spiro atoms. The third-order valence-corrected chi connectivity index (χ3v) is 9.67. The number of aromatic hydroxyl groups is 1. The molecule has 2 aromatic heterocycles. The molecule has 3 saturated heterocycles. The van der Waals surface area contributed by atoms with Crippen molar-refractivity contribution in [3.05, 3.63) is 47.7 Å². The van der Waals surface area contributed by atoms with Gasteiger partial charge in [0.25, 0.3) is 0 Å². The highest BCUT2D eigenvalue weighted by Crippen LogP contribution is 2.43. The van der Waals surface area contributed by atoms with Crippen LogP contribution in [0.4, 0.5) is 19.0 Å². The van der Waals surface area contributed by atoms with Crippen molar-refractivity contribution in [2.45, 2.75) is 62.9 Å². The van der Waals surface area contributed by atoms with E-state index in [0.29, 0.717) is 60.1 Å². The Morgan fingerprint density at radius 1 is 1.19 bits per heavy atom. The lowest BCUT2D eigenvalue weighted by Crippen LogP contribution is -2.43. The molecule has 5 heterocycles. The minimum Gasteiger partial charge on any atom is -0.508 e. The van der Waals surface area contributed by atoms with Gasteiger partial charge in [-0.2, -0.15) is 9.97 Å². The van der Waals surface area contributed by atoms with Gasteiger partial charge in [0.15, 0.2) is 5.82 Å². The van der Waals surface area contributed by atoms with E-state index in [-0.39, 0.29) is 47.3 Å². The normalized spacial score (nSPS) is 26.7. The van der Waals surface area contributed by atoms with Crippen molar-refractivity contribution in [3.63, 3.8) is 0 Å². The summed E-state index contributed by atoms with van der Waals surface area (Å²) in [7, 11) is 0. The average molecular weight is 592 g/mol. The van der Waals surface area contributed by atoms with Crippen molar-refractivity contribution in [2.75, 3.05) is 37.7 Å². The highest BCUT2D eigenvalue weighted by molar-refractivity contribution is 6.01. The maximum atomic E-state index is 16.7. The fraction of sp³-hybridized carbons (Fsp3) is 0.469. The molecule has 4 fully saturated rings. The van der Waals surface area contributed by atoms with Gasteiger partial charge in [-0.3, -0.25) is 9.88 Å². The number of benzene rings is 2. The molecule has 224 valence electrons. The zero-order valence-electron chi connectivity index (χ0n) is 23.8. The maximum absolute atomic E-state index is 16.7. The third-order valence-electron chi connectivity index (χ3n) is 9.67. The van der Waals surface area contributed by atoms with Crippen molar-refractivity contribution in [1.29, 1.82) is 0 Å². The summed E-state index contributed by atoms with van der Waals surface area (Å²) in [5.74, 6) is -0.681. The Kier molecular flexibility index (Phi) is 6.20. The summed E-state index contributed by atoms with van der Waals surface area (Å²) in [6, 6.07) is 6.01. The molecule has 0 radical (unpaired) electrons. The summed E-state index contributed by atoms with van der Waals surface area (Å²) in [4.78, 5) is 18.1. The largest absolute Gasteiger partial charge is 0.508 e. The Bertz CT molecular complexity index is 1770. The van der Waals surface area contributed by atoms with E-state index in [1.165, 1.54) is 18.2 Å². The number of alkyl halides is 1. The zero-order chi connectivity index (χ0) is 29.5. The number of fused-ring (bicyclic) bond motifs is 4. The van der Waals surface area contributed by atoms with Gasteiger partial charge in [0.2, 0.25) is 0 Å². The van der Waals surface area contributed by atoms with Crippen molar-refractivity contribution in [1.82, 2.24) is 19.9 Å². The molecule has 0 amide bonds. The highest BCUT2D eigenvalue weighted by Gasteiger charge is 2.50. The molecule has 11 heteroatoms. The number of anilines is 1. The summed E-state index contributed by atoms with van der Waals surface area (Å²) in [5.41, 5.74) is 0.254. The molecular formula is C32H32F3N5O3. The minimum absolute atomic E-state index is 0.0202. The first-order valence-electron chi connectivity index (χ1n) is 15.1. The summed E-state index contributed by atoms with van der Waals surface area (Å²) >= 11 is 0. The number of hydrogen-bond acceptors (Lipinski definition) is 8. The van der Waals surface area contributed by atoms with E-state index in [4.69, 9.17) is 14.5 Å². The fourth-order valence-corrected chi connectivity index (χ4v) is 7.57. The molecule has 2 aromatic carbocycles. The number of halogens is 3. The first-order chi connectivity index (χ1) is 20.8. The van der Waals surface area contributed by atoms with Crippen LogP contribution in [-0.4, -0.2) is 81.7 Å². The number of morpholine rings is 1. The molecule has 3 aliphatic heterocycles. The van der Waals surface area contributed by atoms with E-state index in [2.05, 4.69) is 19.8 Å². The molecule has 1 aliphatic carbocycles. The van der Waals surface area contributed by atoms with Crippen LogP contribution in [0.25, 0.3) is 32.9 Å². The van der Waals surface area contributed by atoms with Gasteiger partial charge < -0.3 is 19.5 Å². The topological polar surface area (TPSA) is 83.8 Å². The predicted molar refractivity (Wildman–Crippen MR) is 155 cm³/mol. The monoisotopic (exact) mass is 591 g/mol. The lowest BCUT2D eigenvalue weighted by molar-refractivity contribution is 0.102. The highest BCUT2D eigenvalue weighted by atomic mass is 19.1. The fourth-order valence-electron chi connectivity index (χ4n) is 7.57. The molecule has 4 atom stereocenters. The van der Waals surface area contributed by atoms with Crippen molar-refractivity contribution in [2.24, 2.45) is 0 Å². The molecule has 0 unspecified atom stereocenters. The summed E-state index contributed by atoms with van der Waals surface area (Å²) in [6.07, 6.45) is 4.16. The molecule has 43 heavy (non-hydrogen) atoms. The van der Waals surface area contributed by atoms with E-state index in [1.807, 2.05) is 6.92 Å². The van der Waals surface area contributed by atoms with Gasteiger partial charge in [-0.1, -0.05) is 13.0 Å². The lowest BCUT2D eigenvalue weighted by atomic mass is 9.94. The average Bonchev–Trinajstić information content (AvgIpc) is 3.60. The van der Waals surface area contributed by atoms with Crippen molar-refractivity contribution in [3.8, 4) is 23.0 Å². The SMILES string of the molecule is CCc1c(F)ccc2cc(O)cc(-c3ncc4c(N5CCO[C@@H]6C[C@@H]65)nc(OC[C@@]56CCCN5C[C@H](F)C6)nc4c3F)c12. The number of phenolic OH excluding ortho intramolecular Hbond substituents is 1. The molecule has 0 bridgehead atoms. The molecule has 4 aromatic rings. The number of hydrogen-bond donors (Lipinski definition) is 1. The third kappa shape index (κ3) is 4.30. The van der Waals surface area contributed by atoms with Gasteiger partial charge in [-0.15, -0.1) is 0 Å². The van der Waals surface area contributed by atoms with Crippen LogP contribution in [-0.2, 0) is 11.2 Å². The van der Waals surface area contributed by atoms with Gasteiger partial charge in [0.05, 0.1) is 29.7 Å². The second-order valence-corrected chi connectivity index (χ2v) is 12.3. The van der Waals surface area contributed by atoms with Crippen molar-refractivity contribution >= 4 is 27.5 Å². The number of aromatic nitrogens is 3. The van der Waals surface area contributed by atoms with E-state index < -0.39 is 23.3 Å². The Morgan fingerprint density at radius 2 is 2.07 bits per heavy atom. The standard InChI is InChI=1S/C32H32F3N5O3/c1-2-20-23(34)5-4-17-10-19(41)11-21(26(17)20)28-27(35)29-22(14-36-28)30(40-8-9-42-25-12-24(25)40)38-31(37-29)43-16-32-6-3-7-39(32)15-18(33)13-32/h4-5,10-11,14,18,24-25,41H,2-3,6-9,12-13,15-16H2,1H3/t18-,24+,25-,32+/m1/s1. The van der Waals surface area contributed by atoms with Crippen LogP contribution in [0, 0.1) is 11.6 Å². The predicted octanol–water partition coefficient (Wildman–Crippen LogP) is 5.32. The minimum atomic E-state index is -0.904. The van der Waals surface area contributed by atoms with E-state index in [9.17, 15) is 13.9 Å². The number of rotatable bonds is 6. The number of ether oxygens (including phenoxy) is 2. The van der Waals surface area contributed by atoms with Crippen LogP contribution in [0.1, 0.15) is 38.2 Å². The smallest absolute Gasteiger partial charge is 0.319 e. The van der Waals surface area contributed by atoms with Crippen LogP contribution >= 0.6 is 0 Å². The molecule has 4 aliphatic rings. The molecular weight excluding hydrogens is 559 g/mol. The number of nitrogens with zero attached hydrogens (tertiary/aromatic N) is 5. The van der Waals surface area contributed by atoms with E-state index in [0.717, 1.165) is 25.8 Å². The molecule has 8 rings (SSSR count). The summed E-state index contributed by atoms with van der Waals surface area (Å²) in [5, 5.41) is 12.0. The zero-order valence-corrected chi connectivity index (χ0v) is 23.8. The second kappa shape index (κ2) is 9.92. The van der Waals surface area contributed by atoms with Gasteiger partial charge >= 0.3 is 6.01 Å². The Balaban J connectivity index is 1.28. The quantitative estimate of drug-likeness (QED) is 0.323. The second-order valence-electron chi connectivity index (χ2n) is 12.3. The van der Waals surface area contributed by atoms with Crippen LogP contribution < -0.4 is 9.64 Å². The molecule has 8 nitrogen and oxygen atoms in total. The van der Waals surface area contributed by atoms with E-state index in [1.54, 1.807) is 12.3 Å². The maximum Gasteiger partial charge on any atom is 0.319 e. The van der Waals surface area contributed by atoms with Gasteiger partial charge in [0.1, 0.15) is 41.4 Å². The number of pyridine rings is 1. The van der Waals surface area contributed by atoms with E-state index >= 15 is 4.39 Å². The summed E-state index contributed by atoms with van der Waals surface area (Å²) in [6.45, 7) is 4.36. The Morgan fingerprint density at radius 3 is 2.93 bits per heavy atom. The van der Waals surface area contributed by atoms with Crippen LogP contribution in [0.3, 0.4) is 0 Å². The lowest BCUT2D eigenvalue weighted by Gasteiger charge is -2.31. The van der Waals surface area contributed by atoms with Crippen LogP contribution in [0.5, 0.6) is 11.8 Å². The van der Waals surface area contributed by atoms with Crippen LogP contribution in [0.2, 0.25) is 0 Å². The first kappa shape index (κ1) is 26.9. The molecule has 1 N–H and O–H groups in total. The number of phenols is 1. The summed E-state index contributed by atoms with van der Waals surface area (Å²) < 4.78 is 58.0. The van der Waals surface area contributed by atoms with Gasteiger partial charge in [0, 0.05) is 31.3 Å². The number of aryl methyl sites for hydroxylation is 1. The Labute approximate surface area is 246 Å². The first-order valence-corrected chi connectivity index (χ1v) is 15.1.